The zero-order valence-corrected chi connectivity index (χ0v) is 17.1. The number of esters is 1. The molecule has 0 unspecified atom stereocenters. The normalized spacial score (nSPS) is 12.3. The van der Waals surface area contributed by atoms with E-state index in [2.05, 4.69) is 74.0 Å². The molecule has 0 atom stereocenters. The van der Waals surface area contributed by atoms with Crippen LogP contribution in [0.5, 0.6) is 0 Å². The third-order valence-corrected chi connectivity index (χ3v) is 9.52. The lowest BCUT2D eigenvalue weighted by Gasteiger charge is -2.43. The van der Waals surface area contributed by atoms with Gasteiger partial charge >= 0.3 is 5.97 Å². The van der Waals surface area contributed by atoms with Crippen LogP contribution in [0.3, 0.4) is 0 Å². The van der Waals surface area contributed by atoms with E-state index in [9.17, 15) is 4.79 Å². The van der Waals surface area contributed by atoms with Crippen LogP contribution in [0, 0.1) is 0 Å². The summed E-state index contributed by atoms with van der Waals surface area (Å²) in [6, 6.07) is 21.1. The van der Waals surface area contributed by atoms with Gasteiger partial charge in [-0.05, 0) is 21.8 Å². The van der Waals surface area contributed by atoms with Gasteiger partial charge in [0.15, 0.2) is 0 Å². The second-order valence-corrected chi connectivity index (χ2v) is 11.5. The first-order valence-corrected chi connectivity index (χ1v) is 10.8. The molecule has 0 amide bonds. The zero-order valence-electron chi connectivity index (χ0n) is 16.1. The second-order valence-electron chi connectivity index (χ2n) is 7.23. The monoisotopic (exact) mass is 368 g/mol. The highest BCUT2D eigenvalue weighted by molar-refractivity contribution is 6.99. The molecule has 0 saturated carbocycles. The Bertz CT molecular complexity index is 679. The van der Waals surface area contributed by atoms with Crippen LogP contribution in [-0.4, -0.2) is 28.0 Å². The van der Waals surface area contributed by atoms with Gasteiger partial charge in [0.1, 0.15) is 0 Å². The van der Waals surface area contributed by atoms with Crippen LogP contribution in [0.4, 0.5) is 0 Å². The summed E-state index contributed by atoms with van der Waals surface area (Å²) in [5.41, 5.74) is 0. The molecule has 0 spiro atoms. The van der Waals surface area contributed by atoms with Gasteiger partial charge in [0.25, 0.3) is 8.32 Å². The fourth-order valence-corrected chi connectivity index (χ4v) is 7.87. The summed E-state index contributed by atoms with van der Waals surface area (Å²) in [6.45, 7) is 7.32. The maximum absolute atomic E-state index is 11.2. The van der Waals surface area contributed by atoms with E-state index in [4.69, 9.17) is 4.43 Å². The topological polar surface area (TPSA) is 35.5 Å². The quantitative estimate of drug-likeness (QED) is 0.324. The molecule has 0 N–H and O–H groups in total. The average molecular weight is 369 g/mol. The van der Waals surface area contributed by atoms with Crippen LogP contribution in [0.25, 0.3) is 0 Å². The molecule has 0 bridgehead atoms. The largest absolute Gasteiger partial charge is 0.466 e. The maximum Gasteiger partial charge on any atom is 0.330 e. The van der Waals surface area contributed by atoms with Crippen molar-refractivity contribution in [3.63, 3.8) is 0 Å². The highest BCUT2D eigenvalue weighted by Crippen LogP contribution is 2.36. The Kier molecular flexibility index (Phi) is 6.95. The molecule has 0 radical (unpaired) electrons. The molecule has 0 aromatic heterocycles. The Morgan fingerprint density at radius 1 is 0.962 bits per heavy atom. The van der Waals surface area contributed by atoms with Gasteiger partial charge in [-0.15, -0.1) is 0 Å². The number of rotatable bonds is 7. The van der Waals surface area contributed by atoms with Crippen molar-refractivity contribution >= 4 is 24.7 Å². The highest BCUT2D eigenvalue weighted by atomic mass is 28.4. The minimum Gasteiger partial charge on any atom is -0.466 e. The third kappa shape index (κ3) is 4.51. The minimum absolute atomic E-state index is 0.0399. The SMILES string of the molecule is COC(=O)/C=C\CCO[Si](c1ccccc1)(c1ccccc1)C(C)(C)C. The Hall–Kier alpha value is -2.17. The predicted octanol–water partition coefficient (Wildman–Crippen LogP) is 3.68. The van der Waals surface area contributed by atoms with E-state index in [1.807, 2.05) is 18.2 Å². The van der Waals surface area contributed by atoms with E-state index >= 15 is 0 Å². The van der Waals surface area contributed by atoms with Gasteiger partial charge in [-0.25, -0.2) is 4.79 Å². The first-order valence-electron chi connectivity index (χ1n) is 8.91. The van der Waals surface area contributed by atoms with Crippen LogP contribution in [-0.2, 0) is 14.0 Å². The second kappa shape index (κ2) is 8.97. The molecule has 0 saturated heterocycles. The predicted molar refractivity (Wildman–Crippen MR) is 109 cm³/mol. The standard InChI is InChI=1S/C22H28O3Si/c1-22(2,3)26(19-13-7-5-8-14-19,20-15-9-6-10-16-20)25-18-12-11-17-21(23)24-4/h5-11,13-17H,12,18H2,1-4H3/b17-11-. The molecule has 2 aromatic rings. The minimum atomic E-state index is -2.48. The Labute approximate surface area is 157 Å². The van der Waals surface area contributed by atoms with Gasteiger partial charge in [0.2, 0.25) is 0 Å². The lowest BCUT2D eigenvalue weighted by atomic mass is 10.2. The van der Waals surface area contributed by atoms with Crippen LogP contribution in [0.15, 0.2) is 72.8 Å². The zero-order chi connectivity index (χ0) is 19.0. The van der Waals surface area contributed by atoms with E-state index in [0.29, 0.717) is 13.0 Å². The molecule has 0 aliphatic heterocycles. The molecule has 0 heterocycles. The Morgan fingerprint density at radius 3 is 1.88 bits per heavy atom. The highest BCUT2D eigenvalue weighted by Gasteiger charge is 2.49. The molecule has 26 heavy (non-hydrogen) atoms. The van der Waals surface area contributed by atoms with E-state index in [1.165, 1.54) is 23.6 Å². The molecular weight excluding hydrogens is 340 g/mol. The lowest BCUT2D eigenvalue weighted by molar-refractivity contribution is -0.134. The Morgan fingerprint density at radius 2 is 1.46 bits per heavy atom. The van der Waals surface area contributed by atoms with Crippen molar-refractivity contribution in [3.8, 4) is 0 Å². The average Bonchev–Trinajstić information content (AvgIpc) is 2.65. The summed E-state index contributed by atoms with van der Waals surface area (Å²) in [4.78, 5) is 11.2. The van der Waals surface area contributed by atoms with Gasteiger partial charge in [-0.2, -0.15) is 0 Å². The number of hydrogen-bond acceptors (Lipinski definition) is 3. The van der Waals surface area contributed by atoms with Crippen LogP contribution >= 0.6 is 0 Å². The van der Waals surface area contributed by atoms with Gasteiger partial charge in [-0.3, -0.25) is 0 Å². The van der Waals surface area contributed by atoms with Gasteiger partial charge in [0, 0.05) is 12.7 Å². The van der Waals surface area contributed by atoms with Crippen molar-refractivity contribution in [2.24, 2.45) is 0 Å². The van der Waals surface area contributed by atoms with Crippen molar-refractivity contribution in [2.75, 3.05) is 13.7 Å². The number of ether oxygens (including phenoxy) is 1. The molecule has 3 nitrogen and oxygen atoms in total. The summed E-state index contributed by atoms with van der Waals surface area (Å²) in [6.07, 6.45) is 3.93. The number of carbonyl (C=O) groups is 1. The Balaban J connectivity index is 2.38. The number of carbonyl (C=O) groups excluding carboxylic acids is 1. The van der Waals surface area contributed by atoms with E-state index in [0.717, 1.165) is 0 Å². The van der Waals surface area contributed by atoms with Gasteiger partial charge < -0.3 is 9.16 Å². The van der Waals surface area contributed by atoms with E-state index in [-0.39, 0.29) is 11.0 Å². The van der Waals surface area contributed by atoms with Crippen molar-refractivity contribution in [1.29, 1.82) is 0 Å². The fourth-order valence-electron chi connectivity index (χ4n) is 3.29. The van der Waals surface area contributed by atoms with Crippen LogP contribution in [0.2, 0.25) is 5.04 Å². The van der Waals surface area contributed by atoms with Crippen molar-refractivity contribution in [3.05, 3.63) is 72.8 Å². The molecule has 2 aromatic carbocycles. The smallest absolute Gasteiger partial charge is 0.330 e. The number of methoxy groups -OCH3 is 1. The third-order valence-electron chi connectivity index (χ3n) is 4.48. The van der Waals surface area contributed by atoms with Crippen molar-refractivity contribution < 1.29 is 14.0 Å². The van der Waals surface area contributed by atoms with E-state index < -0.39 is 8.32 Å². The van der Waals surface area contributed by atoms with Crippen molar-refractivity contribution in [1.82, 2.24) is 0 Å². The lowest BCUT2D eigenvalue weighted by Crippen LogP contribution is -2.66. The fraction of sp³-hybridized carbons (Fsp3) is 0.318. The van der Waals surface area contributed by atoms with Gasteiger partial charge in [-0.1, -0.05) is 87.5 Å². The number of hydrogen-bond donors (Lipinski definition) is 0. The molecule has 2 rings (SSSR count). The summed E-state index contributed by atoms with van der Waals surface area (Å²) >= 11 is 0. The van der Waals surface area contributed by atoms with Crippen molar-refractivity contribution in [2.45, 2.75) is 32.2 Å². The molecule has 0 aliphatic carbocycles. The first-order chi connectivity index (χ1) is 12.4. The molecule has 4 heteroatoms. The molecule has 138 valence electrons. The number of benzene rings is 2. The summed E-state index contributed by atoms with van der Waals surface area (Å²) in [5, 5.41) is 2.48. The molecular formula is C22H28O3Si. The first kappa shape index (κ1) is 20.1. The van der Waals surface area contributed by atoms with Gasteiger partial charge in [0.05, 0.1) is 7.11 Å². The summed E-state index contributed by atoms with van der Waals surface area (Å²) in [7, 11) is -1.10. The molecule has 0 aliphatic rings. The summed E-state index contributed by atoms with van der Waals surface area (Å²) in [5.74, 6) is -0.338. The van der Waals surface area contributed by atoms with Crippen LogP contribution < -0.4 is 10.4 Å². The maximum atomic E-state index is 11.2. The molecule has 0 fully saturated rings. The van der Waals surface area contributed by atoms with E-state index in [1.54, 1.807) is 0 Å². The summed E-state index contributed by atoms with van der Waals surface area (Å²) < 4.78 is 11.4. The van der Waals surface area contributed by atoms with Crippen LogP contribution in [0.1, 0.15) is 27.2 Å².